The molecule has 13 heavy (non-hydrogen) atoms. The van der Waals surface area contributed by atoms with E-state index in [4.69, 9.17) is 10.6 Å². The van der Waals surface area contributed by atoms with Gasteiger partial charge in [-0.3, -0.25) is 10.2 Å². The van der Waals surface area contributed by atoms with E-state index >= 15 is 0 Å². The molecule has 0 aromatic carbocycles. The smallest absolute Gasteiger partial charge is 0.233 e. The van der Waals surface area contributed by atoms with Crippen molar-refractivity contribution < 1.29 is 9.53 Å². The fraction of sp³-hybridized carbons (Fsp3) is 0.667. The lowest BCUT2D eigenvalue weighted by molar-refractivity contribution is -0.121. The first-order chi connectivity index (χ1) is 6.20. The van der Waals surface area contributed by atoms with Gasteiger partial charge in [0.15, 0.2) is 0 Å². The van der Waals surface area contributed by atoms with E-state index in [1.807, 2.05) is 6.92 Å². The lowest BCUT2D eigenvalue weighted by atomic mass is 10.2. The third-order valence-electron chi connectivity index (χ3n) is 1.66. The molecule has 0 fully saturated rings. The monoisotopic (exact) mass is 186 g/mol. The number of nitrogens with one attached hydrogen (secondary N) is 1. The predicted octanol–water partition coefficient (Wildman–Crippen LogP) is 0.738. The molecular formula is C9H18N2O2. The topological polar surface area (TPSA) is 64.3 Å². The zero-order chi connectivity index (χ0) is 10.1. The van der Waals surface area contributed by atoms with Gasteiger partial charge in [-0.1, -0.05) is 6.08 Å². The highest BCUT2D eigenvalue weighted by Gasteiger charge is 2.04. The molecule has 0 heterocycles. The predicted molar refractivity (Wildman–Crippen MR) is 51.8 cm³/mol. The van der Waals surface area contributed by atoms with Gasteiger partial charge < -0.3 is 4.74 Å². The normalized spacial score (nSPS) is 12.2. The summed E-state index contributed by atoms with van der Waals surface area (Å²) < 4.78 is 5.39. The van der Waals surface area contributed by atoms with Gasteiger partial charge in [-0.05, 0) is 19.8 Å². The van der Waals surface area contributed by atoms with E-state index < -0.39 is 0 Å². The highest BCUT2D eigenvalue weighted by Crippen LogP contribution is 2.01. The molecule has 4 nitrogen and oxygen atoms in total. The van der Waals surface area contributed by atoms with Crippen molar-refractivity contribution >= 4 is 5.91 Å². The number of carbonyl (C=O) groups excluding carboxylic acids is 1. The van der Waals surface area contributed by atoms with Gasteiger partial charge in [-0.15, -0.1) is 6.58 Å². The van der Waals surface area contributed by atoms with E-state index in [-0.39, 0.29) is 12.0 Å². The number of hydrazine groups is 1. The molecular weight excluding hydrogens is 168 g/mol. The summed E-state index contributed by atoms with van der Waals surface area (Å²) in [5, 5.41) is 0. The number of carbonyl (C=O) groups is 1. The summed E-state index contributed by atoms with van der Waals surface area (Å²) in [4.78, 5) is 10.7. The fourth-order valence-corrected chi connectivity index (χ4v) is 0.842. The van der Waals surface area contributed by atoms with Gasteiger partial charge >= 0.3 is 0 Å². The third kappa shape index (κ3) is 7.49. The molecule has 0 rings (SSSR count). The van der Waals surface area contributed by atoms with Crippen molar-refractivity contribution in [2.45, 2.75) is 32.3 Å². The number of hydrogen-bond donors (Lipinski definition) is 2. The van der Waals surface area contributed by atoms with Gasteiger partial charge in [0.1, 0.15) is 0 Å². The Morgan fingerprint density at radius 3 is 3.00 bits per heavy atom. The van der Waals surface area contributed by atoms with Crippen molar-refractivity contribution in [2.75, 3.05) is 6.61 Å². The molecule has 76 valence electrons. The lowest BCUT2D eigenvalue weighted by Crippen LogP contribution is -2.30. The Kier molecular flexibility index (Phi) is 7.24. The molecule has 1 amide bonds. The van der Waals surface area contributed by atoms with Crippen LogP contribution in [-0.2, 0) is 9.53 Å². The molecule has 1 atom stereocenters. The number of ether oxygens (including phenoxy) is 1. The van der Waals surface area contributed by atoms with Gasteiger partial charge in [-0.2, -0.15) is 0 Å². The molecule has 0 bridgehead atoms. The standard InChI is InChI=1S/C9H18N2O2/c1-3-4-7-13-8(2)5-6-9(12)11-10/h3,8H,1,4-7,10H2,2H3,(H,11,12). The van der Waals surface area contributed by atoms with Crippen molar-refractivity contribution in [3.05, 3.63) is 12.7 Å². The van der Waals surface area contributed by atoms with Crippen LogP contribution in [-0.4, -0.2) is 18.6 Å². The molecule has 0 aliphatic rings. The Labute approximate surface area is 79.1 Å². The first kappa shape index (κ1) is 12.1. The molecule has 3 N–H and O–H groups in total. The first-order valence-corrected chi connectivity index (χ1v) is 4.42. The summed E-state index contributed by atoms with van der Waals surface area (Å²) in [5.41, 5.74) is 2.08. The van der Waals surface area contributed by atoms with Crippen LogP contribution in [0.25, 0.3) is 0 Å². The van der Waals surface area contributed by atoms with E-state index in [0.29, 0.717) is 19.4 Å². The minimum Gasteiger partial charge on any atom is -0.378 e. The van der Waals surface area contributed by atoms with Gasteiger partial charge in [0.05, 0.1) is 12.7 Å². The second kappa shape index (κ2) is 7.76. The van der Waals surface area contributed by atoms with Crippen LogP contribution in [0.3, 0.4) is 0 Å². The summed E-state index contributed by atoms with van der Waals surface area (Å²) in [5.74, 6) is 4.77. The molecule has 0 aromatic rings. The molecule has 0 saturated carbocycles. The van der Waals surface area contributed by atoms with E-state index in [0.717, 1.165) is 6.42 Å². The summed E-state index contributed by atoms with van der Waals surface area (Å²) in [6.45, 7) is 6.18. The minimum atomic E-state index is -0.154. The maximum atomic E-state index is 10.7. The average molecular weight is 186 g/mol. The molecule has 0 spiro atoms. The molecule has 0 aromatic heterocycles. The SMILES string of the molecule is C=CCCOC(C)CCC(=O)NN. The lowest BCUT2D eigenvalue weighted by Gasteiger charge is -2.11. The fourth-order valence-electron chi connectivity index (χ4n) is 0.842. The van der Waals surface area contributed by atoms with E-state index in [9.17, 15) is 4.79 Å². The summed E-state index contributed by atoms with van der Waals surface area (Å²) in [6, 6.07) is 0. The summed E-state index contributed by atoms with van der Waals surface area (Å²) in [6.07, 6.45) is 3.84. The van der Waals surface area contributed by atoms with E-state index in [1.165, 1.54) is 0 Å². The molecule has 0 aliphatic heterocycles. The second-order valence-electron chi connectivity index (χ2n) is 2.86. The van der Waals surface area contributed by atoms with Crippen LogP contribution in [0.5, 0.6) is 0 Å². The minimum absolute atomic E-state index is 0.0947. The number of amides is 1. The van der Waals surface area contributed by atoms with Crippen molar-refractivity contribution in [1.29, 1.82) is 0 Å². The quantitative estimate of drug-likeness (QED) is 0.203. The Morgan fingerprint density at radius 2 is 2.46 bits per heavy atom. The van der Waals surface area contributed by atoms with Crippen molar-refractivity contribution in [3.8, 4) is 0 Å². The summed E-state index contributed by atoms with van der Waals surface area (Å²) >= 11 is 0. The highest BCUT2D eigenvalue weighted by molar-refractivity contribution is 5.75. The van der Waals surface area contributed by atoms with Gasteiger partial charge in [-0.25, -0.2) is 5.84 Å². The van der Waals surface area contributed by atoms with Crippen LogP contribution >= 0.6 is 0 Å². The molecule has 0 saturated heterocycles. The molecule has 0 aliphatic carbocycles. The Hall–Kier alpha value is -0.870. The Morgan fingerprint density at radius 1 is 1.77 bits per heavy atom. The Balaban J connectivity index is 3.34. The summed E-state index contributed by atoms with van der Waals surface area (Å²) in [7, 11) is 0. The maximum absolute atomic E-state index is 10.7. The van der Waals surface area contributed by atoms with Crippen LogP contribution in [0, 0.1) is 0 Å². The van der Waals surface area contributed by atoms with Gasteiger partial charge in [0, 0.05) is 6.42 Å². The van der Waals surface area contributed by atoms with E-state index in [2.05, 4.69) is 12.0 Å². The molecule has 0 radical (unpaired) electrons. The number of rotatable bonds is 7. The van der Waals surface area contributed by atoms with Gasteiger partial charge in [0.2, 0.25) is 5.91 Å². The zero-order valence-electron chi connectivity index (χ0n) is 8.08. The third-order valence-corrected chi connectivity index (χ3v) is 1.66. The van der Waals surface area contributed by atoms with Crippen molar-refractivity contribution in [2.24, 2.45) is 5.84 Å². The van der Waals surface area contributed by atoms with Crippen molar-refractivity contribution in [1.82, 2.24) is 5.43 Å². The van der Waals surface area contributed by atoms with Crippen LogP contribution in [0.1, 0.15) is 26.2 Å². The van der Waals surface area contributed by atoms with Crippen LogP contribution in [0.2, 0.25) is 0 Å². The maximum Gasteiger partial charge on any atom is 0.233 e. The van der Waals surface area contributed by atoms with Crippen LogP contribution in [0.15, 0.2) is 12.7 Å². The van der Waals surface area contributed by atoms with Crippen LogP contribution in [0.4, 0.5) is 0 Å². The van der Waals surface area contributed by atoms with E-state index in [1.54, 1.807) is 6.08 Å². The first-order valence-electron chi connectivity index (χ1n) is 4.42. The second-order valence-corrected chi connectivity index (χ2v) is 2.86. The number of nitrogens with two attached hydrogens (primary N) is 1. The molecule has 4 heteroatoms. The van der Waals surface area contributed by atoms with Crippen LogP contribution < -0.4 is 11.3 Å². The van der Waals surface area contributed by atoms with Gasteiger partial charge in [0.25, 0.3) is 0 Å². The highest BCUT2D eigenvalue weighted by atomic mass is 16.5. The van der Waals surface area contributed by atoms with Crippen molar-refractivity contribution in [3.63, 3.8) is 0 Å². The largest absolute Gasteiger partial charge is 0.378 e. The average Bonchev–Trinajstić information content (AvgIpc) is 2.14. The Bertz CT molecular complexity index is 160. The number of hydrogen-bond acceptors (Lipinski definition) is 3. The molecule has 1 unspecified atom stereocenters. The zero-order valence-corrected chi connectivity index (χ0v) is 8.08.